The van der Waals surface area contributed by atoms with Crippen LogP contribution in [0.1, 0.15) is 45.6 Å². The van der Waals surface area contributed by atoms with Crippen LogP contribution >= 0.6 is 0 Å². The number of rotatable bonds is 10. The molecule has 5 heteroatoms. The third kappa shape index (κ3) is 5.90. The highest BCUT2D eigenvalue weighted by molar-refractivity contribution is 5.95. The maximum absolute atomic E-state index is 12.5. The highest BCUT2D eigenvalue weighted by Gasteiger charge is 2.40. The lowest BCUT2D eigenvalue weighted by Crippen LogP contribution is -2.37. The Kier molecular flexibility index (Phi) is 8.90. The number of benzene rings is 1. The van der Waals surface area contributed by atoms with Crippen LogP contribution in [0.25, 0.3) is 0 Å². The van der Waals surface area contributed by atoms with Crippen LogP contribution in [0.15, 0.2) is 36.4 Å². The molecule has 0 fully saturated rings. The molecule has 0 radical (unpaired) electrons. The van der Waals surface area contributed by atoms with Gasteiger partial charge in [-0.15, -0.1) is 6.58 Å². The summed E-state index contributed by atoms with van der Waals surface area (Å²) in [6, 6.07) is 7.63. The topological polar surface area (TPSA) is 61.8 Å². The average Bonchev–Trinajstić information content (AvgIpc) is 2.60. The van der Waals surface area contributed by atoms with Crippen molar-refractivity contribution in [1.82, 2.24) is 0 Å². The molecule has 0 unspecified atom stereocenters. The van der Waals surface area contributed by atoms with Gasteiger partial charge in [0.25, 0.3) is 0 Å². The van der Waals surface area contributed by atoms with E-state index in [0.29, 0.717) is 6.42 Å². The highest BCUT2D eigenvalue weighted by Crippen LogP contribution is 2.36. The first-order valence-corrected chi connectivity index (χ1v) is 8.97. The minimum atomic E-state index is -0.983. The van der Waals surface area contributed by atoms with Crippen molar-refractivity contribution in [3.63, 3.8) is 0 Å². The molecule has 144 valence electrons. The Morgan fingerprint density at radius 3 is 1.92 bits per heavy atom. The number of hydrogen-bond donors (Lipinski definition) is 0. The van der Waals surface area contributed by atoms with Crippen molar-refractivity contribution >= 4 is 11.9 Å². The van der Waals surface area contributed by atoms with E-state index in [1.165, 1.54) is 0 Å². The van der Waals surface area contributed by atoms with Crippen molar-refractivity contribution in [3.8, 4) is 5.75 Å². The van der Waals surface area contributed by atoms with E-state index in [1.807, 2.05) is 38.1 Å². The zero-order valence-electron chi connectivity index (χ0n) is 16.4. The van der Waals surface area contributed by atoms with Gasteiger partial charge in [-0.1, -0.05) is 24.6 Å². The van der Waals surface area contributed by atoms with Gasteiger partial charge in [0, 0.05) is 0 Å². The summed E-state index contributed by atoms with van der Waals surface area (Å²) in [5.41, 5.74) is 1.91. The molecule has 1 rings (SSSR count). The molecule has 0 aliphatic rings. The van der Waals surface area contributed by atoms with Crippen LogP contribution in [0.4, 0.5) is 0 Å². The summed E-state index contributed by atoms with van der Waals surface area (Å²) in [4.78, 5) is 25.1. The molecule has 5 nitrogen and oxygen atoms in total. The maximum atomic E-state index is 12.5. The van der Waals surface area contributed by atoms with E-state index in [0.717, 1.165) is 16.9 Å². The Bertz CT molecular complexity index is 587. The molecule has 0 aromatic heterocycles. The van der Waals surface area contributed by atoms with Crippen LogP contribution in [0.5, 0.6) is 5.75 Å². The molecule has 2 atom stereocenters. The third-order valence-electron chi connectivity index (χ3n) is 4.38. The van der Waals surface area contributed by atoms with Gasteiger partial charge < -0.3 is 14.2 Å². The summed E-state index contributed by atoms with van der Waals surface area (Å²) < 4.78 is 15.5. The smallest absolute Gasteiger partial charge is 0.320 e. The fourth-order valence-corrected chi connectivity index (χ4v) is 3.05. The molecule has 26 heavy (non-hydrogen) atoms. The van der Waals surface area contributed by atoms with Crippen molar-refractivity contribution in [2.24, 2.45) is 11.8 Å². The van der Waals surface area contributed by atoms with Crippen molar-refractivity contribution in [2.75, 3.05) is 20.3 Å². The summed E-state index contributed by atoms with van der Waals surface area (Å²) in [6.07, 6.45) is 0.523. The molecule has 0 heterocycles. The fourth-order valence-electron chi connectivity index (χ4n) is 3.05. The standard InChI is InChI=1S/C21H30O5/c1-7-25-20(22)19(21(23)26-8-2)18(13-14(3)4)15(5)16-9-11-17(24-6)12-10-16/h9-12,15,18-19H,3,7-8,13H2,1-2,4-6H3/t15-,18-/m1/s1. The van der Waals surface area contributed by atoms with Gasteiger partial charge in [0.1, 0.15) is 5.75 Å². The minimum Gasteiger partial charge on any atom is -0.497 e. The number of methoxy groups -OCH3 is 1. The molecule has 0 aliphatic heterocycles. The van der Waals surface area contributed by atoms with Gasteiger partial charge in [-0.25, -0.2) is 0 Å². The quantitative estimate of drug-likeness (QED) is 0.356. The Balaban J connectivity index is 3.24. The van der Waals surface area contributed by atoms with Crippen molar-refractivity contribution in [1.29, 1.82) is 0 Å². The van der Waals surface area contributed by atoms with Gasteiger partial charge >= 0.3 is 11.9 Å². The Morgan fingerprint density at radius 1 is 1.04 bits per heavy atom. The van der Waals surface area contributed by atoms with Crippen molar-refractivity contribution in [3.05, 3.63) is 42.0 Å². The van der Waals surface area contributed by atoms with Gasteiger partial charge in [-0.2, -0.15) is 0 Å². The first kappa shape index (κ1) is 21.7. The van der Waals surface area contributed by atoms with Crippen LogP contribution in [-0.2, 0) is 19.1 Å². The van der Waals surface area contributed by atoms with Crippen molar-refractivity contribution < 1.29 is 23.8 Å². The minimum absolute atomic E-state index is 0.0728. The summed E-state index contributed by atoms with van der Waals surface area (Å²) >= 11 is 0. The van der Waals surface area contributed by atoms with Crippen LogP contribution in [0, 0.1) is 11.8 Å². The monoisotopic (exact) mass is 362 g/mol. The van der Waals surface area contributed by atoms with Crippen LogP contribution in [0.2, 0.25) is 0 Å². The van der Waals surface area contributed by atoms with Crippen LogP contribution in [0.3, 0.4) is 0 Å². The number of esters is 2. The van der Waals surface area contributed by atoms with E-state index in [9.17, 15) is 9.59 Å². The molecule has 1 aromatic rings. The zero-order chi connectivity index (χ0) is 19.7. The van der Waals surface area contributed by atoms with Crippen molar-refractivity contribution in [2.45, 2.75) is 40.0 Å². The van der Waals surface area contributed by atoms with Gasteiger partial charge in [0.05, 0.1) is 20.3 Å². The number of hydrogen-bond acceptors (Lipinski definition) is 5. The Morgan fingerprint density at radius 2 is 1.54 bits per heavy atom. The van der Waals surface area contributed by atoms with E-state index in [2.05, 4.69) is 6.58 Å². The lowest BCUT2D eigenvalue weighted by atomic mass is 9.75. The summed E-state index contributed by atoms with van der Waals surface area (Å²) in [5, 5.41) is 0. The first-order valence-electron chi connectivity index (χ1n) is 8.97. The second-order valence-electron chi connectivity index (χ2n) is 6.37. The molecular formula is C21H30O5. The van der Waals surface area contributed by atoms with Gasteiger partial charge in [-0.3, -0.25) is 9.59 Å². The fraction of sp³-hybridized carbons (Fsp3) is 0.524. The van der Waals surface area contributed by atoms with Gasteiger partial charge in [0.2, 0.25) is 0 Å². The maximum Gasteiger partial charge on any atom is 0.320 e. The molecule has 0 amide bonds. The predicted octanol–water partition coefficient (Wildman–Crippen LogP) is 4.12. The van der Waals surface area contributed by atoms with Crippen LogP contribution in [-0.4, -0.2) is 32.3 Å². The molecule has 0 spiro atoms. The average molecular weight is 362 g/mol. The molecule has 0 saturated carbocycles. The molecule has 0 N–H and O–H groups in total. The second kappa shape index (κ2) is 10.6. The first-order chi connectivity index (χ1) is 12.3. The molecule has 0 aliphatic carbocycles. The van der Waals surface area contributed by atoms with E-state index in [4.69, 9.17) is 14.2 Å². The SMILES string of the molecule is C=C(C)C[C@@H](C(C(=O)OCC)C(=O)OCC)[C@H](C)c1ccc(OC)cc1. The number of carbonyl (C=O) groups is 2. The number of ether oxygens (including phenoxy) is 3. The Labute approximate surface area is 156 Å². The Hall–Kier alpha value is -2.30. The lowest BCUT2D eigenvalue weighted by molar-refractivity contribution is -0.164. The second-order valence-corrected chi connectivity index (χ2v) is 6.37. The number of carbonyl (C=O) groups excluding carboxylic acids is 2. The number of allylic oxidation sites excluding steroid dienone is 1. The predicted molar refractivity (Wildman–Crippen MR) is 101 cm³/mol. The highest BCUT2D eigenvalue weighted by atomic mass is 16.6. The third-order valence-corrected chi connectivity index (χ3v) is 4.38. The summed E-state index contributed by atoms with van der Waals surface area (Å²) in [5.74, 6) is -1.70. The van der Waals surface area contributed by atoms with E-state index in [1.54, 1.807) is 21.0 Å². The molecule has 1 aromatic carbocycles. The van der Waals surface area contributed by atoms with E-state index >= 15 is 0 Å². The zero-order valence-corrected chi connectivity index (χ0v) is 16.4. The molecule has 0 saturated heterocycles. The van der Waals surface area contributed by atoms with E-state index in [-0.39, 0.29) is 25.0 Å². The normalized spacial score (nSPS) is 13.0. The van der Waals surface area contributed by atoms with Crippen LogP contribution < -0.4 is 4.74 Å². The molecular weight excluding hydrogens is 332 g/mol. The summed E-state index contributed by atoms with van der Waals surface area (Å²) in [6.45, 7) is 11.7. The van der Waals surface area contributed by atoms with E-state index < -0.39 is 17.9 Å². The van der Waals surface area contributed by atoms with Gasteiger partial charge in [0.15, 0.2) is 5.92 Å². The lowest BCUT2D eigenvalue weighted by Gasteiger charge is -2.30. The van der Waals surface area contributed by atoms with Gasteiger partial charge in [-0.05, 0) is 56.7 Å². The molecule has 0 bridgehead atoms. The summed E-state index contributed by atoms with van der Waals surface area (Å²) in [7, 11) is 1.61. The largest absolute Gasteiger partial charge is 0.497 e.